The van der Waals surface area contributed by atoms with E-state index >= 15 is 0 Å². The van der Waals surface area contributed by atoms with E-state index in [1.54, 1.807) is 12.1 Å². The van der Waals surface area contributed by atoms with E-state index in [0.717, 1.165) is 11.6 Å². The third kappa shape index (κ3) is 3.67. The van der Waals surface area contributed by atoms with Crippen LogP contribution in [0.1, 0.15) is 18.1 Å². The van der Waals surface area contributed by atoms with Crippen LogP contribution in [-0.4, -0.2) is 14.1 Å². The number of sulfonamides is 1. The minimum atomic E-state index is -3.84. The highest BCUT2D eigenvalue weighted by molar-refractivity contribution is 7.89. The molecule has 0 aliphatic carbocycles. The van der Waals surface area contributed by atoms with E-state index in [1.165, 1.54) is 25.1 Å². The summed E-state index contributed by atoms with van der Waals surface area (Å²) in [4.78, 5) is 2.08. The van der Waals surface area contributed by atoms with Crippen molar-refractivity contribution < 1.29 is 17.2 Å². The molecule has 0 aliphatic heterocycles. The molecule has 116 valence electrons. The Kier molecular flexibility index (Phi) is 4.56. The van der Waals surface area contributed by atoms with Gasteiger partial charge in [0.25, 0.3) is 10.0 Å². The molecule has 0 aromatic heterocycles. The Bertz CT molecular complexity index is 816. The van der Waals surface area contributed by atoms with Crippen LogP contribution in [0.15, 0.2) is 52.5 Å². The number of aryl methyl sites for hydroxylation is 1. The quantitative estimate of drug-likeness (QED) is 0.694. The minimum absolute atomic E-state index is 0.0213. The number of rotatable bonds is 4. The van der Waals surface area contributed by atoms with E-state index in [9.17, 15) is 17.2 Å². The van der Waals surface area contributed by atoms with Crippen molar-refractivity contribution in [1.82, 2.24) is 4.83 Å². The average molecular weight is 324 g/mol. The maximum absolute atomic E-state index is 13.6. The van der Waals surface area contributed by atoms with E-state index in [1.807, 2.05) is 11.8 Å². The summed E-state index contributed by atoms with van der Waals surface area (Å²) in [6, 6.07) is 9.19. The van der Waals surface area contributed by atoms with Gasteiger partial charge >= 0.3 is 0 Å². The predicted molar refractivity (Wildman–Crippen MR) is 80.1 cm³/mol. The van der Waals surface area contributed by atoms with Gasteiger partial charge in [-0.15, -0.1) is 0 Å². The lowest BCUT2D eigenvalue weighted by molar-refractivity contribution is 0.579. The summed E-state index contributed by atoms with van der Waals surface area (Å²) in [6.45, 7) is 3.26. The molecule has 22 heavy (non-hydrogen) atoms. The van der Waals surface area contributed by atoms with Gasteiger partial charge in [-0.2, -0.15) is 18.4 Å². The van der Waals surface area contributed by atoms with Gasteiger partial charge in [-0.1, -0.05) is 17.7 Å². The number of nitrogens with one attached hydrogen (secondary N) is 1. The summed E-state index contributed by atoms with van der Waals surface area (Å²) in [5.74, 6) is -1.52. The van der Waals surface area contributed by atoms with Gasteiger partial charge < -0.3 is 0 Å². The van der Waals surface area contributed by atoms with E-state index < -0.39 is 21.7 Å². The second-order valence-corrected chi connectivity index (χ2v) is 6.39. The first kappa shape index (κ1) is 16.1. The fourth-order valence-electron chi connectivity index (χ4n) is 1.74. The van der Waals surface area contributed by atoms with Crippen molar-refractivity contribution in [2.75, 3.05) is 0 Å². The molecule has 0 saturated carbocycles. The molecule has 4 nitrogen and oxygen atoms in total. The van der Waals surface area contributed by atoms with Crippen molar-refractivity contribution in [3.8, 4) is 0 Å². The topological polar surface area (TPSA) is 58.5 Å². The molecule has 0 spiro atoms. The van der Waals surface area contributed by atoms with Crippen LogP contribution in [0.5, 0.6) is 0 Å². The third-order valence-corrected chi connectivity index (χ3v) is 4.21. The highest BCUT2D eigenvalue weighted by atomic mass is 32.2. The molecule has 7 heteroatoms. The zero-order valence-corrected chi connectivity index (χ0v) is 12.8. The van der Waals surface area contributed by atoms with Gasteiger partial charge in [0.1, 0.15) is 11.6 Å². The van der Waals surface area contributed by atoms with E-state index in [4.69, 9.17) is 0 Å². The van der Waals surface area contributed by atoms with Crippen LogP contribution >= 0.6 is 0 Å². The maximum Gasteiger partial charge on any atom is 0.276 e. The van der Waals surface area contributed by atoms with Crippen molar-refractivity contribution in [1.29, 1.82) is 0 Å². The van der Waals surface area contributed by atoms with Gasteiger partial charge in [0, 0.05) is 11.6 Å². The zero-order valence-electron chi connectivity index (χ0n) is 12.0. The molecule has 0 unspecified atom stereocenters. The second-order valence-electron chi connectivity index (χ2n) is 4.73. The summed E-state index contributed by atoms with van der Waals surface area (Å²) >= 11 is 0. The molecular formula is C15H14F2N2O2S. The lowest BCUT2D eigenvalue weighted by Crippen LogP contribution is -2.20. The Hall–Kier alpha value is -2.28. The third-order valence-electron chi connectivity index (χ3n) is 2.99. The summed E-state index contributed by atoms with van der Waals surface area (Å²) in [5, 5.41) is 3.67. The first-order valence-electron chi connectivity index (χ1n) is 6.38. The van der Waals surface area contributed by atoms with Crippen molar-refractivity contribution in [3.05, 3.63) is 65.2 Å². The first-order valence-corrected chi connectivity index (χ1v) is 7.86. The second kappa shape index (κ2) is 6.23. The van der Waals surface area contributed by atoms with Gasteiger partial charge in [-0.3, -0.25) is 0 Å². The van der Waals surface area contributed by atoms with Crippen LogP contribution in [0.3, 0.4) is 0 Å². The molecule has 2 rings (SSSR count). The van der Waals surface area contributed by atoms with Gasteiger partial charge in [0.05, 0.1) is 10.6 Å². The molecular weight excluding hydrogens is 310 g/mol. The summed E-state index contributed by atoms with van der Waals surface area (Å²) < 4.78 is 50.5. The maximum atomic E-state index is 13.6. The Labute approximate surface area is 127 Å². The standard InChI is InChI=1S/C15H14F2N2O2S/c1-10-3-6-13(7-4-10)22(20,21)19-18-11(2)14-8-5-12(16)9-15(14)17/h3-9,19H,1-2H3/b18-11-. The van der Waals surface area contributed by atoms with E-state index in [0.29, 0.717) is 6.07 Å². The monoisotopic (exact) mass is 324 g/mol. The van der Waals surface area contributed by atoms with Gasteiger partial charge in [-0.25, -0.2) is 8.78 Å². The molecule has 0 radical (unpaired) electrons. The number of nitrogens with zero attached hydrogens (tertiary/aromatic N) is 1. The van der Waals surface area contributed by atoms with Crippen LogP contribution in [0.25, 0.3) is 0 Å². The van der Waals surface area contributed by atoms with Crippen molar-refractivity contribution in [2.24, 2.45) is 5.10 Å². The number of benzene rings is 2. The van der Waals surface area contributed by atoms with Crippen LogP contribution in [0.4, 0.5) is 8.78 Å². The van der Waals surface area contributed by atoms with Gasteiger partial charge in [0.2, 0.25) is 0 Å². The zero-order chi connectivity index (χ0) is 16.3. The lowest BCUT2D eigenvalue weighted by atomic mass is 10.1. The number of halogens is 2. The van der Waals surface area contributed by atoms with Crippen LogP contribution in [0, 0.1) is 18.6 Å². The van der Waals surface area contributed by atoms with E-state index in [2.05, 4.69) is 5.10 Å². The Morgan fingerprint density at radius 2 is 1.73 bits per heavy atom. The number of hydrogen-bond acceptors (Lipinski definition) is 3. The van der Waals surface area contributed by atoms with Crippen molar-refractivity contribution >= 4 is 15.7 Å². The van der Waals surface area contributed by atoms with Crippen LogP contribution in [-0.2, 0) is 10.0 Å². The van der Waals surface area contributed by atoms with Gasteiger partial charge in [0.15, 0.2) is 0 Å². The fraction of sp³-hybridized carbons (Fsp3) is 0.133. The number of hydrogen-bond donors (Lipinski definition) is 1. The molecule has 2 aromatic rings. The minimum Gasteiger partial charge on any atom is -0.207 e. The van der Waals surface area contributed by atoms with Crippen LogP contribution < -0.4 is 4.83 Å². The fourth-order valence-corrected chi connectivity index (χ4v) is 2.60. The Balaban J connectivity index is 2.24. The summed E-state index contributed by atoms with van der Waals surface area (Å²) in [7, 11) is -3.84. The van der Waals surface area contributed by atoms with Crippen molar-refractivity contribution in [2.45, 2.75) is 18.7 Å². The van der Waals surface area contributed by atoms with Gasteiger partial charge in [-0.05, 0) is 38.1 Å². The Morgan fingerprint density at radius 3 is 2.32 bits per heavy atom. The van der Waals surface area contributed by atoms with Crippen LogP contribution in [0.2, 0.25) is 0 Å². The molecule has 1 N–H and O–H groups in total. The molecule has 0 heterocycles. The SMILES string of the molecule is C/C(=N/NS(=O)(=O)c1ccc(C)cc1)c1ccc(F)cc1F. The molecule has 0 bridgehead atoms. The number of hydrazone groups is 1. The smallest absolute Gasteiger partial charge is 0.207 e. The molecule has 2 aromatic carbocycles. The average Bonchev–Trinajstić information content (AvgIpc) is 2.45. The Morgan fingerprint density at radius 1 is 1.09 bits per heavy atom. The summed E-state index contributed by atoms with van der Waals surface area (Å²) in [6.07, 6.45) is 0. The van der Waals surface area contributed by atoms with E-state index in [-0.39, 0.29) is 16.2 Å². The molecule has 0 amide bonds. The normalized spacial score (nSPS) is 12.3. The molecule has 0 atom stereocenters. The largest absolute Gasteiger partial charge is 0.276 e. The molecule has 0 aliphatic rings. The molecule has 0 saturated heterocycles. The van der Waals surface area contributed by atoms with Crippen molar-refractivity contribution in [3.63, 3.8) is 0 Å². The first-order chi connectivity index (χ1) is 10.3. The molecule has 0 fully saturated rings. The lowest BCUT2D eigenvalue weighted by Gasteiger charge is -2.06. The highest BCUT2D eigenvalue weighted by Crippen LogP contribution is 2.12. The summed E-state index contributed by atoms with van der Waals surface area (Å²) in [5.41, 5.74) is 1.04. The highest BCUT2D eigenvalue weighted by Gasteiger charge is 2.13. The predicted octanol–water partition coefficient (Wildman–Crippen LogP) is 2.98.